The van der Waals surface area contributed by atoms with Crippen LogP contribution in [0.4, 0.5) is 34.1 Å². The number of rotatable bonds is 6. The van der Waals surface area contributed by atoms with E-state index < -0.39 is 29.5 Å². The van der Waals surface area contributed by atoms with Crippen LogP contribution in [0.3, 0.4) is 0 Å². The molecule has 3 fully saturated rings. The lowest BCUT2D eigenvalue weighted by Gasteiger charge is -2.41. The third-order valence-corrected chi connectivity index (χ3v) is 11.3. The third kappa shape index (κ3) is 7.59. The van der Waals surface area contributed by atoms with Gasteiger partial charge in [0.2, 0.25) is 5.91 Å². The van der Waals surface area contributed by atoms with Crippen LogP contribution in [0.1, 0.15) is 55.2 Å². The molecule has 10 nitrogen and oxygen atoms in total. The molecule has 0 saturated carbocycles. The van der Waals surface area contributed by atoms with Gasteiger partial charge >= 0.3 is 18.2 Å². The summed E-state index contributed by atoms with van der Waals surface area (Å²) in [6.07, 6.45) is 0.160. The Morgan fingerprint density at radius 3 is 2.34 bits per heavy atom. The number of carbonyl (C=O) groups excluding carboxylic acids is 3. The standard InChI is InChI=1S/C32H41ClF3N7O3S/c33-25-14-19(13-24(28(25)37)32(34,35)36)15-26(29(44)41-9-3-21(4-10-41)20-1-7-38-8-2-20)39-30(45)42-11-5-23(6-12-42)43-16-22-17-47-18-27(22)40-31(43)46/h13-14,17-18,20-21,23,26,38H,1-12,15-16,37H2,(H,39,45)(H,40,46)/t26-/m1/s1. The topological polar surface area (TPSA) is 123 Å². The minimum absolute atomic E-state index is 0.0523. The van der Waals surface area contributed by atoms with Crippen molar-refractivity contribution in [2.75, 3.05) is 50.3 Å². The number of piperidine rings is 3. The first-order valence-corrected chi connectivity index (χ1v) is 17.6. The van der Waals surface area contributed by atoms with Crippen molar-refractivity contribution in [3.05, 3.63) is 44.6 Å². The molecule has 4 aliphatic rings. The molecule has 256 valence electrons. The molecule has 6 rings (SSSR count). The van der Waals surface area contributed by atoms with Crippen LogP contribution in [0.25, 0.3) is 0 Å². The van der Waals surface area contributed by atoms with E-state index in [2.05, 4.69) is 16.0 Å². The van der Waals surface area contributed by atoms with Gasteiger partial charge in [0.1, 0.15) is 6.04 Å². The van der Waals surface area contributed by atoms with Crippen molar-refractivity contribution in [3.8, 4) is 0 Å². The molecule has 0 radical (unpaired) electrons. The molecular weight excluding hydrogens is 655 g/mol. The summed E-state index contributed by atoms with van der Waals surface area (Å²) in [5.41, 5.74) is 6.06. The zero-order valence-corrected chi connectivity index (χ0v) is 27.7. The van der Waals surface area contributed by atoms with E-state index in [0.29, 0.717) is 57.4 Å². The zero-order chi connectivity index (χ0) is 33.3. The van der Waals surface area contributed by atoms with Crippen LogP contribution in [-0.2, 0) is 23.9 Å². The van der Waals surface area contributed by atoms with Crippen molar-refractivity contribution in [2.24, 2.45) is 11.8 Å². The molecule has 4 aliphatic heterocycles. The molecule has 5 N–H and O–H groups in total. The highest BCUT2D eigenvalue weighted by atomic mass is 35.5. The number of urea groups is 2. The molecular formula is C32H41ClF3N7O3S. The van der Waals surface area contributed by atoms with E-state index in [1.165, 1.54) is 17.4 Å². The van der Waals surface area contributed by atoms with Gasteiger partial charge in [0.25, 0.3) is 0 Å². The minimum atomic E-state index is -4.73. The van der Waals surface area contributed by atoms with Crippen LogP contribution in [0.2, 0.25) is 5.02 Å². The van der Waals surface area contributed by atoms with Crippen molar-refractivity contribution in [1.82, 2.24) is 25.3 Å². The fourth-order valence-electron chi connectivity index (χ4n) is 7.50. The Morgan fingerprint density at radius 1 is 1.00 bits per heavy atom. The normalized spacial score (nSPS) is 20.9. The summed E-state index contributed by atoms with van der Waals surface area (Å²) >= 11 is 7.64. The summed E-state index contributed by atoms with van der Waals surface area (Å²) in [7, 11) is 0. The van der Waals surface area contributed by atoms with Crippen LogP contribution in [0.5, 0.6) is 0 Å². The van der Waals surface area contributed by atoms with Gasteiger partial charge in [-0.25, -0.2) is 9.59 Å². The SMILES string of the molecule is Nc1c(Cl)cc(C[C@@H](NC(=O)N2CCC(N3Cc4cscc4NC3=O)CC2)C(=O)N2CCC(C3CCNCC3)CC2)cc1C(F)(F)F. The van der Waals surface area contributed by atoms with Crippen LogP contribution in [0, 0.1) is 11.8 Å². The maximum absolute atomic E-state index is 14.0. The zero-order valence-electron chi connectivity index (χ0n) is 26.1. The van der Waals surface area contributed by atoms with E-state index in [1.807, 2.05) is 10.8 Å². The Hall–Kier alpha value is -3.23. The first kappa shape index (κ1) is 33.7. The fraction of sp³-hybridized carbons (Fsp3) is 0.594. The van der Waals surface area contributed by atoms with Crippen molar-refractivity contribution in [1.29, 1.82) is 0 Å². The van der Waals surface area contributed by atoms with Gasteiger partial charge < -0.3 is 36.4 Å². The predicted molar refractivity (Wildman–Crippen MR) is 175 cm³/mol. The summed E-state index contributed by atoms with van der Waals surface area (Å²) in [5.74, 6) is 0.817. The summed E-state index contributed by atoms with van der Waals surface area (Å²) in [4.78, 5) is 45.4. The second-order valence-electron chi connectivity index (χ2n) is 13.1. The highest BCUT2D eigenvalue weighted by Gasteiger charge is 2.38. The van der Waals surface area contributed by atoms with Gasteiger partial charge in [-0.2, -0.15) is 13.2 Å². The van der Waals surface area contributed by atoms with E-state index in [9.17, 15) is 27.6 Å². The molecule has 1 atom stereocenters. The number of thiophene rings is 1. The van der Waals surface area contributed by atoms with Crippen LogP contribution in [0.15, 0.2) is 22.9 Å². The number of amides is 5. The number of halogens is 4. The predicted octanol–water partition coefficient (Wildman–Crippen LogP) is 5.37. The molecule has 0 unspecified atom stereocenters. The molecule has 1 aromatic carbocycles. The highest BCUT2D eigenvalue weighted by Crippen LogP contribution is 2.38. The molecule has 0 bridgehead atoms. The van der Waals surface area contributed by atoms with E-state index in [4.69, 9.17) is 17.3 Å². The Bertz CT molecular complexity index is 1470. The second kappa shape index (κ2) is 14.1. The molecule has 47 heavy (non-hydrogen) atoms. The Labute approximate surface area is 281 Å². The number of carbonyl (C=O) groups is 3. The van der Waals surface area contributed by atoms with Gasteiger partial charge in [-0.3, -0.25) is 4.79 Å². The molecule has 5 heterocycles. The van der Waals surface area contributed by atoms with Gasteiger partial charge in [0.05, 0.1) is 28.5 Å². The number of hydrogen-bond acceptors (Lipinski definition) is 6. The number of fused-ring (bicyclic) bond motifs is 1. The van der Waals surface area contributed by atoms with E-state index in [0.717, 1.165) is 56.1 Å². The van der Waals surface area contributed by atoms with Gasteiger partial charge in [0.15, 0.2) is 0 Å². The number of likely N-dealkylation sites (tertiary alicyclic amines) is 2. The number of nitrogens with one attached hydrogen (secondary N) is 3. The first-order chi connectivity index (χ1) is 22.5. The molecule has 3 saturated heterocycles. The smallest absolute Gasteiger partial charge is 0.397 e. The van der Waals surface area contributed by atoms with Crippen LogP contribution in [-0.4, -0.2) is 84.0 Å². The number of anilines is 2. The molecule has 0 aliphatic carbocycles. The lowest BCUT2D eigenvalue weighted by molar-refractivity contribution is -0.137. The maximum Gasteiger partial charge on any atom is 0.418 e. The monoisotopic (exact) mass is 695 g/mol. The minimum Gasteiger partial charge on any atom is -0.397 e. The van der Waals surface area contributed by atoms with Gasteiger partial charge in [-0.1, -0.05) is 11.6 Å². The second-order valence-corrected chi connectivity index (χ2v) is 14.2. The number of nitrogens with two attached hydrogens (primary N) is 1. The summed E-state index contributed by atoms with van der Waals surface area (Å²) < 4.78 is 41.3. The quantitative estimate of drug-likeness (QED) is 0.303. The number of nitrogens with zero attached hydrogens (tertiary/aromatic N) is 3. The van der Waals surface area contributed by atoms with Gasteiger partial charge in [-0.05, 0) is 86.5 Å². The lowest BCUT2D eigenvalue weighted by atomic mass is 9.79. The summed E-state index contributed by atoms with van der Waals surface area (Å²) in [6, 6.07) is 0.465. The van der Waals surface area contributed by atoms with Gasteiger partial charge in [-0.15, -0.1) is 11.3 Å². The van der Waals surface area contributed by atoms with Crippen molar-refractivity contribution in [3.63, 3.8) is 0 Å². The van der Waals surface area contributed by atoms with Crippen molar-refractivity contribution in [2.45, 2.75) is 69.8 Å². The van der Waals surface area contributed by atoms with E-state index in [-0.39, 0.29) is 35.0 Å². The van der Waals surface area contributed by atoms with Crippen molar-refractivity contribution >= 4 is 52.3 Å². The average Bonchev–Trinajstić information content (AvgIpc) is 3.52. The number of nitrogen functional groups attached to an aromatic ring is 1. The van der Waals surface area contributed by atoms with Crippen molar-refractivity contribution < 1.29 is 27.6 Å². The van der Waals surface area contributed by atoms with Crippen LogP contribution >= 0.6 is 22.9 Å². The lowest BCUT2D eigenvalue weighted by Crippen LogP contribution is -2.57. The van der Waals surface area contributed by atoms with E-state index >= 15 is 0 Å². The largest absolute Gasteiger partial charge is 0.418 e. The highest BCUT2D eigenvalue weighted by molar-refractivity contribution is 7.08. The Balaban J connectivity index is 1.13. The molecule has 2 aromatic rings. The number of alkyl halides is 3. The molecule has 5 amide bonds. The number of benzene rings is 1. The fourth-order valence-corrected chi connectivity index (χ4v) is 8.53. The van der Waals surface area contributed by atoms with Gasteiger partial charge in [0, 0.05) is 49.6 Å². The summed E-state index contributed by atoms with van der Waals surface area (Å²) in [5, 5.41) is 12.8. The Kier molecular flexibility index (Phi) is 10.1. The Morgan fingerprint density at radius 2 is 1.66 bits per heavy atom. The number of hydrogen-bond donors (Lipinski definition) is 4. The molecule has 1 aromatic heterocycles. The molecule has 15 heteroatoms. The maximum atomic E-state index is 14.0. The first-order valence-electron chi connectivity index (χ1n) is 16.3. The third-order valence-electron chi connectivity index (χ3n) is 10.2. The van der Waals surface area contributed by atoms with Crippen LogP contribution < -0.4 is 21.7 Å². The summed E-state index contributed by atoms with van der Waals surface area (Å²) in [6.45, 7) is 4.31. The molecule has 0 spiro atoms. The van der Waals surface area contributed by atoms with E-state index in [1.54, 1.807) is 14.7 Å². The average molecular weight is 696 g/mol.